The van der Waals surface area contributed by atoms with Crippen LogP contribution in [0.4, 0.5) is 4.39 Å². The highest BCUT2D eigenvalue weighted by molar-refractivity contribution is 5.29. The second-order valence-corrected chi connectivity index (χ2v) is 4.48. The van der Waals surface area contributed by atoms with Gasteiger partial charge in [0.2, 0.25) is 0 Å². The van der Waals surface area contributed by atoms with Crippen LogP contribution in [0.25, 0.3) is 0 Å². The second kappa shape index (κ2) is 5.47. The van der Waals surface area contributed by atoms with E-state index in [1.54, 1.807) is 6.07 Å². The summed E-state index contributed by atoms with van der Waals surface area (Å²) in [4.78, 5) is 0. The largest absolute Gasteiger partial charge is 0.505 e. The van der Waals surface area contributed by atoms with Crippen LogP contribution in [0.5, 0.6) is 5.75 Å². The molecule has 17 heavy (non-hydrogen) atoms. The first-order valence-corrected chi connectivity index (χ1v) is 6.00. The van der Waals surface area contributed by atoms with Crippen LogP contribution in [-0.2, 0) is 4.74 Å². The van der Waals surface area contributed by atoms with E-state index in [1.165, 1.54) is 12.1 Å². The summed E-state index contributed by atoms with van der Waals surface area (Å²) in [7, 11) is 0. The van der Waals surface area contributed by atoms with Crippen molar-refractivity contribution < 1.29 is 14.2 Å². The minimum atomic E-state index is -0.576. The molecule has 1 aliphatic rings. The predicted octanol–water partition coefficient (Wildman–Crippen LogP) is 2.36. The number of benzene rings is 1. The van der Waals surface area contributed by atoms with E-state index in [4.69, 9.17) is 9.84 Å². The molecule has 0 radical (unpaired) electrons. The van der Waals surface area contributed by atoms with E-state index in [1.807, 2.05) is 6.92 Å². The Labute approximate surface area is 101 Å². The smallest absolute Gasteiger partial charge is 0.165 e. The summed E-state index contributed by atoms with van der Waals surface area (Å²) in [5.74, 6) is -0.881. The molecule has 1 heterocycles. The fraction of sp³-hybridized carbons (Fsp3) is 0.538. The number of hydrogen-bond donors (Lipinski definition) is 2. The molecule has 4 heteroatoms. The van der Waals surface area contributed by atoms with Gasteiger partial charge in [0.15, 0.2) is 11.6 Å². The van der Waals surface area contributed by atoms with E-state index in [0.29, 0.717) is 0 Å². The summed E-state index contributed by atoms with van der Waals surface area (Å²) < 4.78 is 18.7. The van der Waals surface area contributed by atoms with Crippen LogP contribution in [0.3, 0.4) is 0 Å². The van der Waals surface area contributed by atoms with Crippen molar-refractivity contribution in [3.8, 4) is 5.75 Å². The van der Waals surface area contributed by atoms with Gasteiger partial charge in [-0.3, -0.25) is 0 Å². The van der Waals surface area contributed by atoms with Crippen LogP contribution in [0, 0.1) is 5.82 Å². The molecule has 0 unspecified atom stereocenters. The van der Waals surface area contributed by atoms with Gasteiger partial charge in [0.1, 0.15) is 0 Å². The number of halogens is 1. The maximum absolute atomic E-state index is 13.2. The highest BCUT2D eigenvalue weighted by atomic mass is 19.1. The molecule has 1 fully saturated rings. The fourth-order valence-electron chi connectivity index (χ4n) is 2.02. The number of hydrogen-bond acceptors (Lipinski definition) is 3. The number of rotatable bonds is 4. The molecule has 0 spiro atoms. The number of ether oxygens (including phenoxy) is 1. The lowest BCUT2D eigenvalue weighted by Crippen LogP contribution is -2.28. The van der Waals surface area contributed by atoms with E-state index < -0.39 is 5.82 Å². The summed E-state index contributed by atoms with van der Waals surface area (Å²) in [6.45, 7) is 3.60. The van der Waals surface area contributed by atoms with Gasteiger partial charge in [0, 0.05) is 19.2 Å². The Balaban J connectivity index is 1.89. The molecule has 0 aliphatic carbocycles. The normalized spacial score (nSPS) is 21.6. The van der Waals surface area contributed by atoms with Crippen molar-refractivity contribution in [3.05, 3.63) is 29.6 Å². The average Bonchev–Trinajstić information content (AvgIpc) is 2.82. The highest BCUT2D eigenvalue weighted by Gasteiger charge is 2.16. The van der Waals surface area contributed by atoms with Crippen LogP contribution < -0.4 is 5.32 Å². The summed E-state index contributed by atoms with van der Waals surface area (Å²) in [6.07, 6.45) is 2.48. The Morgan fingerprint density at radius 1 is 1.59 bits per heavy atom. The quantitative estimate of drug-likeness (QED) is 0.847. The molecule has 0 bridgehead atoms. The van der Waals surface area contributed by atoms with E-state index in [9.17, 15) is 4.39 Å². The van der Waals surface area contributed by atoms with Gasteiger partial charge >= 0.3 is 0 Å². The van der Waals surface area contributed by atoms with Crippen LogP contribution in [0.15, 0.2) is 18.2 Å². The van der Waals surface area contributed by atoms with Gasteiger partial charge < -0.3 is 15.2 Å². The van der Waals surface area contributed by atoms with Crippen LogP contribution in [0.1, 0.15) is 31.4 Å². The zero-order valence-electron chi connectivity index (χ0n) is 9.95. The van der Waals surface area contributed by atoms with Gasteiger partial charge in [-0.25, -0.2) is 4.39 Å². The third kappa shape index (κ3) is 3.17. The lowest BCUT2D eigenvalue weighted by molar-refractivity contribution is 0.108. The summed E-state index contributed by atoms with van der Waals surface area (Å²) in [5.41, 5.74) is 0.832. The topological polar surface area (TPSA) is 41.5 Å². The lowest BCUT2D eigenvalue weighted by atomic mass is 10.1. The van der Waals surface area contributed by atoms with Gasteiger partial charge in [0.25, 0.3) is 0 Å². The second-order valence-electron chi connectivity index (χ2n) is 4.48. The Morgan fingerprint density at radius 2 is 2.41 bits per heavy atom. The lowest BCUT2D eigenvalue weighted by Gasteiger charge is -2.17. The van der Waals surface area contributed by atoms with Gasteiger partial charge in [-0.05, 0) is 37.5 Å². The third-order valence-electron chi connectivity index (χ3n) is 3.15. The van der Waals surface area contributed by atoms with Crippen molar-refractivity contribution in [2.24, 2.45) is 0 Å². The van der Waals surface area contributed by atoms with Crippen molar-refractivity contribution in [1.29, 1.82) is 0 Å². The van der Waals surface area contributed by atoms with Crippen molar-refractivity contribution in [3.63, 3.8) is 0 Å². The molecule has 2 N–H and O–H groups in total. The van der Waals surface area contributed by atoms with Crippen molar-refractivity contribution in [2.75, 3.05) is 13.2 Å². The first-order chi connectivity index (χ1) is 8.16. The van der Waals surface area contributed by atoms with Gasteiger partial charge in [-0.15, -0.1) is 0 Å². The van der Waals surface area contributed by atoms with Gasteiger partial charge in [-0.1, -0.05) is 6.07 Å². The number of nitrogens with one attached hydrogen (secondary N) is 1. The Morgan fingerprint density at radius 3 is 3.06 bits per heavy atom. The third-order valence-corrected chi connectivity index (χ3v) is 3.15. The van der Waals surface area contributed by atoms with E-state index in [2.05, 4.69) is 5.32 Å². The first-order valence-electron chi connectivity index (χ1n) is 6.00. The maximum Gasteiger partial charge on any atom is 0.165 e. The van der Waals surface area contributed by atoms with Crippen molar-refractivity contribution in [2.45, 2.75) is 31.9 Å². The average molecular weight is 239 g/mol. The predicted molar refractivity (Wildman–Crippen MR) is 63.5 cm³/mol. The highest BCUT2D eigenvalue weighted by Crippen LogP contribution is 2.21. The summed E-state index contributed by atoms with van der Waals surface area (Å²) >= 11 is 0. The molecule has 1 saturated heterocycles. The van der Waals surface area contributed by atoms with E-state index in [-0.39, 0.29) is 17.9 Å². The molecule has 1 aromatic carbocycles. The van der Waals surface area contributed by atoms with E-state index in [0.717, 1.165) is 31.6 Å². The Hall–Kier alpha value is -1.13. The maximum atomic E-state index is 13.2. The Kier molecular flexibility index (Phi) is 3.97. The first kappa shape index (κ1) is 12.3. The van der Waals surface area contributed by atoms with Gasteiger partial charge in [0.05, 0.1) is 6.10 Å². The standard InChI is InChI=1S/C13H18FNO2/c1-9(15-8-11-3-2-6-17-11)10-4-5-13(16)12(14)7-10/h4-5,7,9,11,15-16H,2-3,6,8H2,1H3/t9-,11+/m1/s1. The van der Waals surface area contributed by atoms with Crippen LogP contribution >= 0.6 is 0 Å². The number of aromatic hydroxyl groups is 1. The molecule has 2 atom stereocenters. The molecule has 3 nitrogen and oxygen atoms in total. The molecule has 94 valence electrons. The molecule has 1 aliphatic heterocycles. The molecule has 0 amide bonds. The minimum absolute atomic E-state index is 0.0503. The van der Waals surface area contributed by atoms with Crippen LogP contribution in [0.2, 0.25) is 0 Å². The zero-order valence-corrected chi connectivity index (χ0v) is 9.95. The molecular formula is C13H18FNO2. The molecule has 2 rings (SSSR count). The molecule has 1 aromatic rings. The molecule has 0 aromatic heterocycles. The summed E-state index contributed by atoms with van der Waals surface area (Å²) in [5, 5.41) is 12.4. The van der Waals surface area contributed by atoms with Crippen molar-refractivity contribution in [1.82, 2.24) is 5.32 Å². The van der Waals surface area contributed by atoms with Crippen LogP contribution in [-0.4, -0.2) is 24.4 Å². The summed E-state index contributed by atoms with van der Waals surface area (Å²) in [6, 6.07) is 4.53. The Bertz CT molecular complexity index is 378. The number of phenols is 1. The molecular weight excluding hydrogens is 221 g/mol. The minimum Gasteiger partial charge on any atom is -0.505 e. The fourth-order valence-corrected chi connectivity index (χ4v) is 2.02. The monoisotopic (exact) mass is 239 g/mol. The molecule has 0 saturated carbocycles. The van der Waals surface area contributed by atoms with E-state index >= 15 is 0 Å². The zero-order chi connectivity index (χ0) is 12.3. The SMILES string of the molecule is C[C@@H](NC[C@@H]1CCCO1)c1ccc(O)c(F)c1. The van der Waals surface area contributed by atoms with Gasteiger partial charge in [-0.2, -0.15) is 0 Å². The number of phenolic OH excluding ortho intramolecular Hbond substituents is 1. The van der Waals surface area contributed by atoms with Crippen molar-refractivity contribution >= 4 is 0 Å².